The zero-order valence-electron chi connectivity index (χ0n) is 16.6. The molecule has 150 valence electrons. The van der Waals surface area contributed by atoms with Gasteiger partial charge in [-0.05, 0) is 55.3 Å². The van der Waals surface area contributed by atoms with Crippen molar-refractivity contribution in [3.05, 3.63) is 78.1 Å². The number of benzene rings is 2. The molecule has 0 atom stereocenters. The van der Waals surface area contributed by atoms with Crippen LogP contribution in [0.15, 0.2) is 66.9 Å². The van der Waals surface area contributed by atoms with E-state index in [4.69, 9.17) is 9.47 Å². The third kappa shape index (κ3) is 5.72. The first kappa shape index (κ1) is 20.2. The Morgan fingerprint density at radius 3 is 2.52 bits per heavy atom. The largest absolute Gasteiger partial charge is 0.497 e. The molecular formula is C23H25N3O3. The normalized spacial score (nSPS) is 10.3. The molecule has 1 amide bonds. The van der Waals surface area contributed by atoms with Gasteiger partial charge in [0.2, 0.25) is 0 Å². The molecule has 0 saturated carbocycles. The van der Waals surface area contributed by atoms with Gasteiger partial charge in [0.05, 0.1) is 31.3 Å². The molecule has 0 aliphatic heterocycles. The molecule has 0 aliphatic rings. The highest BCUT2D eigenvalue weighted by Crippen LogP contribution is 2.27. The number of pyridine rings is 1. The van der Waals surface area contributed by atoms with Crippen LogP contribution in [-0.2, 0) is 6.42 Å². The summed E-state index contributed by atoms with van der Waals surface area (Å²) in [5.74, 6) is 1.40. The van der Waals surface area contributed by atoms with Crippen molar-refractivity contribution in [2.75, 3.05) is 25.6 Å². The van der Waals surface area contributed by atoms with E-state index in [0.717, 1.165) is 34.9 Å². The summed E-state index contributed by atoms with van der Waals surface area (Å²) in [5.41, 5.74) is 3.15. The number of para-hydroxylation sites is 2. The zero-order chi connectivity index (χ0) is 20.5. The van der Waals surface area contributed by atoms with Gasteiger partial charge in [0.15, 0.2) is 0 Å². The van der Waals surface area contributed by atoms with E-state index in [1.807, 2.05) is 61.5 Å². The molecule has 1 heterocycles. The van der Waals surface area contributed by atoms with Gasteiger partial charge in [0.25, 0.3) is 5.91 Å². The van der Waals surface area contributed by atoms with E-state index in [9.17, 15) is 4.79 Å². The van der Waals surface area contributed by atoms with Crippen LogP contribution in [0.3, 0.4) is 0 Å². The van der Waals surface area contributed by atoms with Gasteiger partial charge < -0.3 is 20.1 Å². The van der Waals surface area contributed by atoms with Gasteiger partial charge in [-0.25, -0.2) is 4.98 Å². The molecule has 0 aliphatic carbocycles. The first-order chi connectivity index (χ1) is 14.2. The number of anilines is 2. The predicted octanol–water partition coefficient (Wildman–Crippen LogP) is 4.21. The molecule has 2 N–H and O–H groups in total. The first-order valence-electron chi connectivity index (χ1n) is 9.55. The molecule has 0 spiro atoms. The van der Waals surface area contributed by atoms with Crippen molar-refractivity contribution in [3.8, 4) is 11.5 Å². The molecule has 29 heavy (non-hydrogen) atoms. The van der Waals surface area contributed by atoms with E-state index in [1.165, 1.54) is 0 Å². The van der Waals surface area contributed by atoms with E-state index in [-0.39, 0.29) is 5.91 Å². The maximum absolute atomic E-state index is 12.3. The molecule has 3 rings (SSSR count). The Hall–Kier alpha value is -3.54. The summed E-state index contributed by atoms with van der Waals surface area (Å²) in [6.45, 7) is 3.07. The number of ether oxygens (including phenoxy) is 2. The zero-order valence-corrected chi connectivity index (χ0v) is 16.6. The molecule has 6 heteroatoms. The number of hydrogen-bond donors (Lipinski definition) is 2. The van der Waals surface area contributed by atoms with Crippen LogP contribution in [-0.4, -0.2) is 31.2 Å². The van der Waals surface area contributed by atoms with Gasteiger partial charge in [0.1, 0.15) is 17.2 Å². The molecular weight excluding hydrogens is 366 g/mol. The first-order valence-corrected chi connectivity index (χ1v) is 9.55. The summed E-state index contributed by atoms with van der Waals surface area (Å²) in [6, 6.07) is 19.0. The van der Waals surface area contributed by atoms with Crippen LogP contribution < -0.4 is 20.1 Å². The molecule has 0 radical (unpaired) electrons. The van der Waals surface area contributed by atoms with Crippen LogP contribution in [0.1, 0.15) is 23.0 Å². The summed E-state index contributed by atoms with van der Waals surface area (Å²) in [6.07, 6.45) is 2.38. The molecule has 3 aromatic rings. The summed E-state index contributed by atoms with van der Waals surface area (Å²) < 4.78 is 10.8. The fraction of sp³-hybridized carbons (Fsp3) is 0.217. The van der Waals surface area contributed by atoms with Crippen molar-refractivity contribution in [1.82, 2.24) is 10.3 Å². The maximum Gasteiger partial charge on any atom is 0.269 e. The Morgan fingerprint density at radius 1 is 1.03 bits per heavy atom. The van der Waals surface area contributed by atoms with Gasteiger partial charge in [-0.2, -0.15) is 0 Å². The van der Waals surface area contributed by atoms with Crippen LogP contribution in [0.4, 0.5) is 11.4 Å². The van der Waals surface area contributed by atoms with E-state index in [0.29, 0.717) is 18.8 Å². The van der Waals surface area contributed by atoms with Crippen molar-refractivity contribution >= 4 is 17.3 Å². The number of aromatic nitrogens is 1. The van der Waals surface area contributed by atoms with E-state index < -0.39 is 0 Å². The Morgan fingerprint density at radius 2 is 1.83 bits per heavy atom. The second kappa shape index (κ2) is 10.1. The topological polar surface area (TPSA) is 72.5 Å². The quantitative estimate of drug-likeness (QED) is 0.572. The number of nitrogens with zero attached hydrogens (tertiary/aromatic N) is 1. The van der Waals surface area contributed by atoms with E-state index in [1.54, 1.807) is 19.4 Å². The fourth-order valence-electron chi connectivity index (χ4n) is 2.81. The molecule has 0 saturated heterocycles. The van der Waals surface area contributed by atoms with Crippen LogP contribution in [0.5, 0.6) is 11.5 Å². The Bertz CT molecular complexity index is 925. The van der Waals surface area contributed by atoms with E-state index in [2.05, 4.69) is 15.6 Å². The lowest BCUT2D eigenvalue weighted by Gasteiger charge is -2.12. The summed E-state index contributed by atoms with van der Waals surface area (Å²) in [7, 11) is 1.64. The fourth-order valence-corrected chi connectivity index (χ4v) is 2.81. The maximum atomic E-state index is 12.3. The Kier molecular flexibility index (Phi) is 7.05. The molecule has 0 unspecified atom stereocenters. The van der Waals surface area contributed by atoms with Gasteiger partial charge in [-0.15, -0.1) is 0 Å². The number of nitrogens with one attached hydrogen (secondary N) is 2. The van der Waals surface area contributed by atoms with Gasteiger partial charge in [-0.3, -0.25) is 4.79 Å². The highest BCUT2D eigenvalue weighted by atomic mass is 16.5. The third-order valence-electron chi connectivity index (χ3n) is 4.32. The van der Waals surface area contributed by atoms with Crippen LogP contribution >= 0.6 is 0 Å². The van der Waals surface area contributed by atoms with Gasteiger partial charge in [0, 0.05) is 6.54 Å². The Balaban J connectivity index is 1.53. The number of hydrogen-bond acceptors (Lipinski definition) is 5. The minimum Gasteiger partial charge on any atom is -0.497 e. The van der Waals surface area contributed by atoms with Crippen molar-refractivity contribution < 1.29 is 14.3 Å². The lowest BCUT2D eigenvalue weighted by molar-refractivity contribution is 0.0949. The second-order valence-electron chi connectivity index (χ2n) is 6.34. The molecule has 0 bridgehead atoms. The lowest BCUT2D eigenvalue weighted by atomic mass is 10.1. The number of rotatable bonds is 9. The predicted molar refractivity (Wildman–Crippen MR) is 114 cm³/mol. The minimum atomic E-state index is -0.195. The van der Waals surface area contributed by atoms with Crippen molar-refractivity contribution in [3.63, 3.8) is 0 Å². The Labute approximate surface area is 170 Å². The highest BCUT2D eigenvalue weighted by molar-refractivity contribution is 5.92. The smallest absolute Gasteiger partial charge is 0.269 e. The summed E-state index contributed by atoms with van der Waals surface area (Å²) in [4.78, 5) is 16.6. The standard InChI is InChI=1S/C23H25N3O3/c1-3-29-22-7-5-4-6-20(22)26-18-10-13-21(25-16-18)23(27)24-15-14-17-8-11-19(28-2)12-9-17/h4-13,16,26H,3,14-15H2,1-2H3,(H,24,27). The van der Waals surface area contributed by atoms with E-state index >= 15 is 0 Å². The minimum absolute atomic E-state index is 0.195. The average molecular weight is 391 g/mol. The van der Waals surface area contributed by atoms with Crippen molar-refractivity contribution in [1.29, 1.82) is 0 Å². The lowest BCUT2D eigenvalue weighted by Crippen LogP contribution is -2.26. The molecule has 2 aromatic carbocycles. The second-order valence-corrected chi connectivity index (χ2v) is 6.34. The van der Waals surface area contributed by atoms with Crippen LogP contribution in [0.2, 0.25) is 0 Å². The SMILES string of the molecule is CCOc1ccccc1Nc1ccc(C(=O)NCCc2ccc(OC)cc2)nc1. The number of carbonyl (C=O) groups is 1. The van der Waals surface area contributed by atoms with Crippen molar-refractivity contribution in [2.45, 2.75) is 13.3 Å². The molecule has 0 fully saturated rings. The number of carbonyl (C=O) groups excluding carboxylic acids is 1. The highest BCUT2D eigenvalue weighted by Gasteiger charge is 2.08. The van der Waals surface area contributed by atoms with Crippen LogP contribution in [0.25, 0.3) is 0 Å². The van der Waals surface area contributed by atoms with Gasteiger partial charge >= 0.3 is 0 Å². The molecule has 6 nitrogen and oxygen atoms in total. The number of amides is 1. The van der Waals surface area contributed by atoms with Gasteiger partial charge in [-0.1, -0.05) is 24.3 Å². The monoisotopic (exact) mass is 391 g/mol. The number of methoxy groups -OCH3 is 1. The van der Waals surface area contributed by atoms with Crippen LogP contribution in [0, 0.1) is 0 Å². The summed E-state index contributed by atoms with van der Waals surface area (Å²) >= 11 is 0. The summed E-state index contributed by atoms with van der Waals surface area (Å²) in [5, 5.41) is 6.17. The van der Waals surface area contributed by atoms with Crippen molar-refractivity contribution in [2.24, 2.45) is 0 Å². The molecule has 1 aromatic heterocycles. The third-order valence-corrected chi connectivity index (χ3v) is 4.32. The average Bonchev–Trinajstić information content (AvgIpc) is 2.76.